The van der Waals surface area contributed by atoms with E-state index in [4.69, 9.17) is 10.5 Å². The molecule has 2 aromatic rings. The Bertz CT molecular complexity index is 609. The van der Waals surface area contributed by atoms with Crippen LogP contribution in [0.1, 0.15) is 40.8 Å². The average molecular weight is 254 g/mol. The number of nitrogens with zero attached hydrogens (tertiary/aromatic N) is 1. The van der Waals surface area contributed by atoms with E-state index in [2.05, 4.69) is 31.0 Å². The number of benzene rings is 1. The molecule has 2 atom stereocenters. The molecule has 2 N–H and O–H groups in total. The van der Waals surface area contributed by atoms with E-state index >= 15 is 0 Å². The van der Waals surface area contributed by atoms with Crippen LogP contribution in [0.5, 0.6) is 5.75 Å². The molecule has 1 aromatic carbocycles. The number of hydrogen-bond donors (Lipinski definition) is 1. The first-order valence-corrected chi connectivity index (χ1v) is 6.58. The second-order valence-electron chi connectivity index (χ2n) is 5.22. The maximum Gasteiger partial charge on any atom is 0.127 e. The van der Waals surface area contributed by atoms with Crippen LogP contribution in [0.2, 0.25) is 0 Å². The Kier molecular flexibility index (Phi) is 2.99. The van der Waals surface area contributed by atoms with Crippen LogP contribution < -0.4 is 10.5 Å². The summed E-state index contributed by atoms with van der Waals surface area (Å²) in [5.74, 6) is 0.901. The van der Waals surface area contributed by atoms with E-state index in [1.165, 1.54) is 11.1 Å². The zero-order valence-corrected chi connectivity index (χ0v) is 11.3. The van der Waals surface area contributed by atoms with Gasteiger partial charge in [-0.1, -0.05) is 17.7 Å². The second-order valence-corrected chi connectivity index (χ2v) is 5.22. The fraction of sp³-hybridized carbons (Fsp3) is 0.312. The van der Waals surface area contributed by atoms with Gasteiger partial charge in [0.1, 0.15) is 11.9 Å². The Labute approximate surface area is 113 Å². The molecule has 3 heteroatoms. The van der Waals surface area contributed by atoms with Crippen molar-refractivity contribution in [2.45, 2.75) is 32.4 Å². The molecule has 1 aliphatic rings. The van der Waals surface area contributed by atoms with Crippen molar-refractivity contribution in [1.29, 1.82) is 0 Å². The largest absolute Gasteiger partial charge is 0.485 e. The SMILES string of the molecule is Cc1ccc2c(c1)C(N)CC(c1cnccc1C)O2. The van der Waals surface area contributed by atoms with Crippen LogP contribution >= 0.6 is 0 Å². The number of aromatic nitrogens is 1. The Hall–Kier alpha value is -1.87. The fourth-order valence-electron chi connectivity index (χ4n) is 2.63. The maximum absolute atomic E-state index is 6.29. The molecule has 3 nitrogen and oxygen atoms in total. The van der Waals surface area contributed by atoms with Crippen molar-refractivity contribution >= 4 is 0 Å². The maximum atomic E-state index is 6.29. The first kappa shape index (κ1) is 12.2. The zero-order valence-electron chi connectivity index (χ0n) is 11.3. The van der Waals surface area contributed by atoms with E-state index in [9.17, 15) is 0 Å². The minimum atomic E-state index is -0.00101. The molecule has 2 heterocycles. The molecule has 0 spiro atoms. The molecule has 0 amide bonds. The quantitative estimate of drug-likeness (QED) is 0.850. The highest BCUT2D eigenvalue weighted by Crippen LogP contribution is 2.40. The number of nitrogens with two attached hydrogens (primary N) is 1. The van der Waals surface area contributed by atoms with Crippen LogP contribution in [0.25, 0.3) is 0 Å². The van der Waals surface area contributed by atoms with E-state index in [0.29, 0.717) is 0 Å². The first-order valence-electron chi connectivity index (χ1n) is 6.58. The lowest BCUT2D eigenvalue weighted by Crippen LogP contribution is -2.24. The van der Waals surface area contributed by atoms with Gasteiger partial charge in [0.15, 0.2) is 0 Å². The van der Waals surface area contributed by atoms with Crippen LogP contribution in [0.3, 0.4) is 0 Å². The smallest absolute Gasteiger partial charge is 0.127 e. The van der Waals surface area contributed by atoms with Crippen molar-refractivity contribution in [3.8, 4) is 5.75 Å². The lowest BCUT2D eigenvalue weighted by molar-refractivity contribution is 0.160. The molecule has 98 valence electrons. The normalized spacial score (nSPS) is 21.6. The Morgan fingerprint density at radius 1 is 1.21 bits per heavy atom. The molecule has 0 saturated heterocycles. The van der Waals surface area contributed by atoms with Gasteiger partial charge in [-0.2, -0.15) is 0 Å². The molecule has 0 radical (unpaired) electrons. The van der Waals surface area contributed by atoms with Crippen molar-refractivity contribution in [2.75, 3.05) is 0 Å². The average Bonchev–Trinajstić information content (AvgIpc) is 2.40. The molecule has 2 unspecified atom stereocenters. The van der Waals surface area contributed by atoms with E-state index in [1.807, 2.05) is 18.3 Å². The summed E-state index contributed by atoms with van der Waals surface area (Å²) in [5, 5.41) is 0. The van der Waals surface area contributed by atoms with Gasteiger partial charge in [0.25, 0.3) is 0 Å². The highest BCUT2D eigenvalue weighted by molar-refractivity contribution is 5.42. The molecular weight excluding hydrogens is 236 g/mol. The molecule has 0 bridgehead atoms. The molecule has 1 aliphatic heterocycles. The summed E-state index contributed by atoms with van der Waals surface area (Å²) in [5.41, 5.74) is 10.9. The van der Waals surface area contributed by atoms with Gasteiger partial charge in [-0.25, -0.2) is 0 Å². The molecule has 3 rings (SSSR count). The molecule has 0 fully saturated rings. The van der Waals surface area contributed by atoms with E-state index in [0.717, 1.165) is 23.3 Å². The lowest BCUT2D eigenvalue weighted by atomic mass is 9.92. The number of fused-ring (bicyclic) bond motifs is 1. The van der Waals surface area contributed by atoms with Crippen LogP contribution in [-0.4, -0.2) is 4.98 Å². The van der Waals surface area contributed by atoms with Crippen LogP contribution in [0.4, 0.5) is 0 Å². The highest BCUT2D eigenvalue weighted by atomic mass is 16.5. The predicted molar refractivity (Wildman–Crippen MR) is 75.1 cm³/mol. The number of ether oxygens (including phenoxy) is 1. The summed E-state index contributed by atoms with van der Waals surface area (Å²) in [6.07, 6.45) is 4.48. The molecule has 1 aromatic heterocycles. The van der Waals surface area contributed by atoms with Gasteiger partial charge in [0.05, 0.1) is 0 Å². The van der Waals surface area contributed by atoms with Crippen molar-refractivity contribution in [3.63, 3.8) is 0 Å². The first-order chi connectivity index (χ1) is 9.15. The summed E-state index contributed by atoms with van der Waals surface area (Å²) < 4.78 is 6.10. The highest BCUT2D eigenvalue weighted by Gasteiger charge is 2.28. The zero-order chi connectivity index (χ0) is 13.4. The van der Waals surface area contributed by atoms with Gasteiger partial charge in [0.2, 0.25) is 0 Å². The summed E-state index contributed by atoms with van der Waals surface area (Å²) >= 11 is 0. The summed E-state index contributed by atoms with van der Waals surface area (Å²) in [6, 6.07) is 8.22. The Morgan fingerprint density at radius 3 is 2.84 bits per heavy atom. The van der Waals surface area contributed by atoms with Crippen LogP contribution in [-0.2, 0) is 0 Å². The predicted octanol–water partition coefficient (Wildman–Crippen LogP) is 3.22. The van der Waals surface area contributed by atoms with Gasteiger partial charge < -0.3 is 10.5 Å². The molecule has 0 saturated carbocycles. The molecular formula is C16H18N2O. The van der Waals surface area contributed by atoms with Crippen molar-refractivity contribution in [3.05, 3.63) is 58.9 Å². The van der Waals surface area contributed by atoms with Crippen molar-refractivity contribution in [2.24, 2.45) is 5.73 Å². The number of hydrogen-bond acceptors (Lipinski definition) is 3. The third kappa shape index (κ3) is 2.22. The van der Waals surface area contributed by atoms with E-state index < -0.39 is 0 Å². The van der Waals surface area contributed by atoms with Gasteiger partial charge >= 0.3 is 0 Å². The van der Waals surface area contributed by atoms with Gasteiger partial charge in [-0.05, 0) is 31.5 Å². The van der Waals surface area contributed by atoms with Gasteiger partial charge in [0, 0.05) is 36.0 Å². The lowest BCUT2D eigenvalue weighted by Gasteiger charge is -2.31. The molecule has 0 aliphatic carbocycles. The van der Waals surface area contributed by atoms with Crippen molar-refractivity contribution < 1.29 is 4.74 Å². The van der Waals surface area contributed by atoms with Crippen LogP contribution in [0.15, 0.2) is 36.7 Å². The third-order valence-corrected chi connectivity index (χ3v) is 3.73. The van der Waals surface area contributed by atoms with Crippen molar-refractivity contribution in [1.82, 2.24) is 4.98 Å². The number of aryl methyl sites for hydroxylation is 2. The number of rotatable bonds is 1. The minimum absolute atomic E-state index is 0.00101. The third-order valence-electron chi connectivity index (χ3n) is 3.73. The van der Waals surface area contributed by atoms with Gasteiger partial charge in [-0.15, -0.1) is 0 Å². The second kappa shape index (κ2) is 4.67. The van der Waals surface area contributed by atoms with Crippen LogP contribution in [0, 0.1) is 13.8 Å². The standard InChI is InChI=1S/C16H18N2O/c1-10-3-4-15-12(7-10)14(17)8-16(19-15)13-9-18-6-5-11(13)2/h3-7,9,14,16H,8,17H2,1-2H3. The van der Waals surface area contributed by atoms with Gasteiger partial charge in [-0.3, -0.25) is 4.98 Å². The van der Waals surface area contributed by atoms with E-state index in [1.54, 1.807) is 6.20 Å². The number of pyridine rings is 1. The summed E-state index contributed by atoms with van der Waals surface area (Å²) in [7, 11) is 0. The Morgan fingerprint density at radius 2 is 2.05 bits per heavy atom. The van der Waals surface area contributed by atoms with E-state index in [-0.39, 0.29) is 12.1 Å². The molecule has 19 heavy (non-hydrogen) atoms. The summed E-state index contributed by atoms with van der Waals surface area (Å²) in [4.78, 5) is 4.20. The monoisotopic (exact) mass is 254 g/mol. The summed E-state index contributed by atoms with van der Waals surface area (Å²) in [6.45, 7) is 4.15. The fourth-order valence-corrected chi connectivity index (χ4v) is 2.63. The topological polar surface area (TPSA) is 48.1 Å². The minimum Gasteiger partial charge on any atom is -0.485 e. The Balaban J connectivity index is 1.97.